The first-order chi connectivity index (χ1) is 13.2. The van der Waals surface area contributed by atoms with E-state index < -0.39 is 0 Å². The van der Waals surface area contributed by atoms with E-state index >= 15 is 0 Å². The third-order valence-corrected chi connectivity index (χ3v) is 4.63. The first kappa shape index (κ1) is 17.1. The Bertz CT molecular complexity index is 955. The van der Waals surface area contributed by atoms with Crippen LogP contribution in [0.1, 0.15) is 18.2 Å². The van der Waals surface area contributed by atoms with E-state index in [9.17, 15) is 4.79 Å². The summed E-state index contributed by atoms with van der Waals surface area (Å²) in [6.07, 6.45) is 0.361. The topological polar surface area (TPSA) is 77.7 Å². The quantitative estimate of drug-likeness (QED) is 0.691. The Labute approximate surface area is 156 Å². The lowest BCUT2D eigenvalue weighted by Gasteiger charge is -2.15. The fourth-order valence-corrected chi connectivity index (χ4v) is 3.23. The van der Waals surface area contributed by atoms with Gasteiger partial charge < -0.3 is 18.9 Å². The maximum atomic E-state index is 12.4. The molecule has 0 bridgehead atoms. The van der Waals surface area contributed by atoms with Crippen molar-refractivity contribution in [2.24, 2.45) is 0 Å². The molecule has 2 heterocycles. The van der Waals surface area contributed by atoms with Crippen molar-refractivity contribution in [3.05, 3.63) is 54.4 Å². The number of benzene rings is 2. The minimum atomic E-state index is -0.102. The maximum Gasteiger partial charge on any atom is 0.258 e. The summed E-state index contributed by atoms with van der Waals surface area (Å²) in [6, 6.07) is 15.0. The van der Waals surface area contributed by atoms with Crippen molar-refractivity contribution in [1.82, 2.24) is 10.1 Å². The van der Waals surface area contributed by atoms with E-state index in [4.69, 9.17) is 14.0 Å². The standard InChI is InChI=1S/C20H19N3O4/c1-25-16-9-8-13(10-17(16)26-2)20-21-19(22-27-20)14-11-18(24)23(12-14)15-6-4-3-5-7-15/h3-10,14H,11-12H2,1-2H3. The summed E-state index contributed by atoms with van der Waals surface area (Å²) in [5.41, 5.74) is 1.62. The first-order valence-electron chi connectivity index (χ1n) is 8.61. The van der Waals surface area contributed by atoms with Gasteiger partial charge in [0.25, 0.3) is 5.89 Å². The van der Waals surface area contributed by atoms with E-state index in [1.807, 2.05) is 36.4 Å². The Morgan fingerprint density at radius 2 is 1.85 bits per heavy atom. The lowest BCUT2D eigenvalue weighted by Crippen LogP contribution is -2.24. The summed E-state index contributed by atoms with van der Waals surface area (Å²) in [4.78, 5) is 18.7. The molecule has 1 unspecified atom stereocenters. The zero-order valence-corrected chi connectivity index (χ0v) is 15.1. The van der Waals surface area contributed by atoms with Crippen LogP contribution in [0.2, 0.25) is 0 Å². The number of ether oxygens (including phenoxy) is 2. The molecular formula is C20H19N3O4. The van der Waals surface area contributed by atoms with Gasteiger partial charge in [0.2, 0.25) is 5.91 Å². The van der Waals surface area contributed by atoms with Gasteiger partial charge in [-0.05, 0) is 30.3 Å². The van der Waals surface area contributed by atoms with E-state index in [2.05, 4.69) is 10.1 Å². The fraction of sp³-hybridized carbons (Fsp3) is 0.250. The van der Waals surface area contributed by atoms with Crippen LogP contribution in [0, 0.1) is 0 Å². The number of hydrogen-bond donors (Lipinski definition) is 0. The molecule has 7 nitrogen and oxygen atoms in total. The Balaban J connectivity index is 1.56. The van der Waals surface area contributed by atoms with E-state index in [1.165, 1.54) is 0 Å². The highest BCUT2D eigenvalue weighted by Gasteiger charge is 2.34. The molecule has 3 aromatic rings. The number of aromatic nitrogens is 2. The molecule has 1 aliphatic heterocycles. The van der Waals surface area contributed by atoms with Gasteiger partial charge in [0.05, 0.1) is 14.2 Å². The highest BCUT2D eigenvalue weighted by Crippen LogP contribution is 2.34. The summed E-state index contributed by atoms with van der Waals surface area (Å²) < 4.78 is 16.0. The maximum absolute atomic E-state index is 12.4. The molecular weight excluding hydrogens is 346 g/mol. The van der Waals surface area contributed by atoms with Gasteiger partial charge >= 0.3 is 0 Å². The Morgan fingerprint density at radius 3 is 2.59 bits per heavy atom. The predicted octanol–water partition coefficient (Wildman–Crippen LogP) is 3.27. The predicted molar refractivity (Wildman–Crippen MR) is 99.0 cm³/mol. The van der Waals surface area contributed by atoms with Crippen LogP contribution in [-0.4, -0.2) is 36.8 Å². The minimum Gasteiger partial charge on any atom is -0.493 e. The third kappa shape index (κ3) is 3.23. The smallest absolute Gasteiger partial charge is 0.258 e. The van der Waals surface area contributed by atoms with Crippen LogP contribution in [0.25, 0.3) is 11.5 Å². The van der Waals surface area contributed by atoms with Crippen molar-refractivity contribution in [2.75, 3.05) is 25.7 Å². The lowest BCUT2D eigenvalue weighted by molar-refractivity contribution is -0.117. The van der Waals surface area contributed by atoms with Crippen molar-refractivity contribution >= 4 is 11.6 Å². The van der Waals surface area contributed by atoms with Crippen LogP contribution < -0.4 is 14.4 Å². The number of nitrogens with zero attached hydrogens (tertiary/aromatic N) is 3. The monoisotopic (exact) mass is 365 g/mol. The zero-order valence-electron chi connectivity index (χ0n) is 15.1. The van der Waals surface area contributed by atoms with Gasteiger partial charge in [0.1, 0.15) is 0 Å². The van der Waals surface area contributed by atoms with Crippen molar-refractivity contribution in [3.8, 4) is 23.0 Å². The molecule has 2 aromatic carbocycles. The van der Waals surface area contributed by atoms with Crippen LogP contribution in [0.5, 0.6) is 11.5 Å². The van der Waals surface area contributed by atoms with E-state index in [0.717, 1.165) is 11.3 Å². The number of hydrogen-bond acceptors (Lipinski definition) is 6. The van der Waals surface area contributed by atoms with E-state index in [0.29, 0.717) is 36.2 Å². The molecule has 1 aromatic heterocycles. The molecule has 0 aliphatic carbocycles. The molecule has 4 rings (SSSR count). The van der Waals surface area contributed by atoms with Crippen LogP contribution in [0.3, 0.4) is 0 Å². The summed E-state index contributed by atoms with van der Waals surface area (Å²) in [7, 11) is 3.15. The molecule has 1 saturated heterocycles. The number of rotatable bonds is 5. The van der Waals surface area contributed by atoms with Crippen LogP contribution in [0.15, 0.2) is 53.1 Å². The molecule has 0 N–H and O–H groups in total. The van der Waals surface area contributed by atoms with Crippen molar-refractivity contribution in [3.63, 3.8) is 0 Å². The largest absolute Gasteiger partial charge is 0.493 e. The third-order valence-electron chi connectivity index (χ3n) is 4.63. The SMILES string of the molecule is COc1ccc(-c2nc(C3CC(=O)N(c4ccccc4)C3)no2)cc1OC. The lowest BCUT2D eigenvalue weighted by atomic mass is 10.1. The molecule has 1 amide bonds. The average molecular weight is 365 g/mol. The Morgan fingerprint density at radius 1 is 1.07 bits per heavy atom. The van der Waals surface area contributed by atoms with Crippen molar-refractivity contribution in [1.29, 1.82) is 0 Å². The van der Waals surface area contributed by atoms with Gasteiger partial charge in [-0.15, -0.1) is 0 Å². The summed E-state index contributed by atoms with van der Waals surface area (Å²) in [6.45, 7) is 0.535. The molecule has 1 atom stereocenters. The van der Waals surface area contributed by atoms with E-state index in [1.54, 1.807) is 31.3 Å². The number of anilines is 1. The molecule has 1 aliphatic rings. The number of para-hydroxylation sites is 1. The number of carbonyl (C=O) groups is 1. The normalized spacial score (nSPS) is 16.6. The van der Waals surface area contributed by atoms with Crippen molar-refractivity contribution in [2.45, 2.75) is 12.3 Å². The van der Waals surface area contributed by atoms with Crippen molar-refractivity contribution < 1.29 is 18.8 Å². The van der Waals surface area contributed by atoms with Gasteiger partial charge in [-0.1, -0.05) is 23.4 Å². The van der Waals surface area contributed by atoms with Gasteiger partial charge in [-0.3, -0.25) is 4.79 Å². The van der Waals surface area contributed by atoms with Crippen LogP contribution >= 0.6 is 0 Å². The molecule has 1 fully saturated rings. The summed E-state index contributed by atoms with van der Waals surface area (Å²) in [5.74, 6) is 2.09. The fourth-order valence-electron chi connectivity index (χ4n) is 3.23. The average Bonchev–Trinajstić information content (AvgIpc) is 3.35. The Kier molecular flexibility index (Phi) is 4.50. The minimum absolute atomic E-state index is 0.0590. The first-order valence-corrected chi connectivity index (χ1v) is 8.61. The second-order valence-electron chi connectivity index (χ2n) is 6.27. The number of amides is 1. The summed E-state index contributed by atoms with van der Waals surface area (Å²) in [5, 5.41) is 4.10. The molecule has 0 saturated carbocycles. The molecule has 138 valence electrons. The molecule has 0 radical (unpaired) electrons. The molecule has 27 heavy (non-hydrogen) atoms. The van der Waals surface area contributed by atoms with Gasteiger partial charge in [-0.2, -0.15) is 4.98 Å². The second-order valence-corrected chi connectivity index (χ2v) is 6.27. The van der Waals surface area contributed by atoms with Gasteiger partial charge in [0.15, 0.2) is 17.3 Å². The molecule has 0 spiro atoms. The summed E-state index contributed by atoms with van der Waals surface area (Å²) >= 11 is 0. The molecule has 7 heteroatoms. The highest BCUT2D eigenvalue weighted by molar-refractivity contribution is 5.96. The Hall–Kier alpha value is -3.35. The van der Waals surface area contributed by atoms with E-state index in [-0.39, 0.29) is 11.8 Å². The highest BCUT2D eigenvalue weighted by atomic mass is 16.5. The van der Waals surface area contributed by atoms with Gasteiger partial charge in [0, 0.05) is 30.1 Å². The van der Waals surface area contributed by atoms with Crippen LogP contribution in [0.4, 0.5) is 5.69 Å². The number of methoxy groups -OCH3 is 2. The van der Waals surface area contributed by atoms with Gasteiger partial charge in [-0.25, -0.2) is 0 Å². The second kappa shape index (κ2) is 7.11. The number of carbonyl (C=O) groups excluding carboxylic acids is 1. The van der Waals surface area contributed by atoms with Crippen LogP contribution in [-0.2, 0) is 4.79 Å². The zero-order chi connectivity index (χ0) is 18.8.